The van der Waals surface area contributed by atoms with Crippen molar-refractivity contribution in [2.75, 3.05) is 19.0 Å². The van der Waals surface area contributed by atoms with Crippen molar-refractivity contribution in [1.29, 1.82) is 0 Å². The van der Waals surface area contributed by atoms with E-state index in [1.54, 1.807) is 0 Å². The molecule has 11 heteroatoms. The Kier molecular flexibility index (Phi) is 6.02. The van der Waals surface area contributed by atoms with Gasteiger partial charge in [-0.2, -0.15) is 0 Å². The first kappa shape index (κ1) is 25.9. The number of hydrogen-bond donors (Lipinski definition) is 5. The molecule has 5 fully saturated rings. The van der Waals surface area contributed by atoms with E-state index in [0.717, 1.165) is 28.2 Å². The summed E-state index contributed by atoms with van der Waals surface area (Å²) < 4.78 is 1.87. The molecule has 5 heterocycles. The van der Waals surface area contributed by atoms with Gasteiger partial charge in [-0.1, -0.05) is 22.9 Å². The molecule has 5 N–H and O–H groups in total. The second-order valence-electron chi connectivity index (χ2n) is 11.3. The highest BCUT2D eigenvalue weighted by Crippen LogP contribution is 2.71. The van der Waals surface area contributed by atoms with Gasteiger partial charge in [0, 0.05) is 41.9 Å². The number of carbonyl (C=O) groups excluding carboxylic acids is 1. The molecule has 5 bridgehead atoms. The summed E-state index contributed by atoms with van der Waals surface area (Å²) >= 11 is 3.67. The van der Waals surface area contributed by atoms with Crippen molar-refractivity contribution in [2.24, 2.45) is 17.8 Å². The van der Waals surface area contributed by atoms with E-state index in [1.165, 1.54) is 11.3 Å². The molecule has 1 spiro atoms. The Labute approximate surface area is 217 Å². The molecule has 1 saturated carbocycles. The van der Waals surface area contributed by atoms with Crippen molar-refractivity contribution in [2.45, 2.75) is 74.3 Å². The molecule has 6 aliphatic rings. The Morgan fingerprint density at radius 1 is 1.25 bits per heavy atom. The van der Waals surface area contributed by atoms with Crippen LogP contribution < -0.4 is 10.0 Å². The number of nitrogens with zero attached hydrogens (tertiary/aromatic N) is 2. The van der Waals surface area contributed by atoms with E-state index < -0.39 is 24.1 Å². The number of aliphatic hydroxyl groups is 4. The number of likely N-dealkylation sites (N-methyl/N-ethyl adjacent to an activating group) is 2. The largest absolute Gasteiger partial charge is 0.547 e. The number of carbonyl (C=O) groups is 2. The number of aliphatic hydroxyl groups excluding tert-OH is 4. The maximum atomic E-state index is 11.8. The van der Waals surface area contributed by atoms with Crippen LogP contribution in [0, 0.1) is 17.8 Å². The van der Waals surface area contributed by atoms with Gasteiger partial charge >= 0.3 is 5.97 Å². The third kappa shape index (κ3) is 3.01. The lowest BCUT2D eigenvalue weighted by atomic mass is 9.61. The van der Waals surface area contributed by atoms with E-state index >= 15 is 0 Å². The Bertz CT molecular complexity index is 1090. The van der Waals surface area contributed by atoms with Crippen molar-refractivity contribution in [1.82, 2.24) is 0 Å². The molecular formula is C25H33BrN2O8. The zero-order valence-electron chi connectivity index (χ0n) is 20.4. The second-order valence-corrected chi connectivity index (χ2v) is 12.2. The lowest BCUT2D eigenvalue weighted by Crippen LogP contribution is -2.81. The van der Waals surface area contributed by atoms with Gasteiger partial charge in [0.25, 0.3) is 0 Å². The van der Waals surface area contributed by atoms with Crippen LogP contribution in [0.4, 0.5) is 5.69 Å². The molecule has 4 unspecified atom stereocenters. The van der Waals surface area contributed by atoms with Crippen molar-refractivity contribution in [3.8, 4) is 0 Å². The van der Waals surface area contributed by atoms with Crippen LogP contribution >= 0.6 is 15.9 Å². The number of piperidine rings is 4. The molecule has 0 aromatic heterocycles. The van der Waals surface area contributed by atoms with Gasteiger partial charge in [0.05, 0.1) is 36.6 Å². The Balaban J connectivity index is 0.000000230. The molecule has 0 amide bonds. The molecular weight excluding hydrogens is 536 g/mol. The van der Waals surface area contributed by atoms with E-state index in [2.05, 4.69) is 60.0 Å². The van der Waals surface area contributed by atoms with Gasteiger partial charge in [-0.3, -0.25) is 4.48 Å². The number of anilines is 1. The minimum Gasteiger partial charge on any atom is -0.547 e. The number of rotatable bonds is 4. The summed E-state index contributed by atoms with van der Waals surface area (Å²) in [7, 11) is 4.50. The molecule has 0 radical (unpaired) electrons. The van der Waals surface area contributed by atoms with Gasteiger partial charge in [0.1, 0.15) is 12.1 Å². The predicted molar refractivity (Wildman–Crippen MR) is 128 cm³/mol. The van der Waals surface area contributed by atoms with E-state index in [9.17, 15) is 24.9 Å². The summed E-state index contributed by atoms with van der Waals surface area (Å²) in [6.07, 6.45) is -2.12. The monoisotopic (exact) mass is 568 g/mol. The zero-order chi connectivity index (χ0) is 26.5. The fourth-order valence-corrected chi connectivity index (χ4v) is 9.22. The number of hydrogen-bond acceptors (Lipinski definition) is 8. The summed E-state index contributed by atoms with van der Waals surface area (Å²) in [6, 6.07) is 7.66. The van der Waals surface area contributed by atoms with Gasteiger partial charge in [-0.05, 0) is 36.1 Å². The average Bonchev–Trinajstić information content (AvgIpc) is 3.21. The average molecular weight is 569 g/mol. The van der Waals surface area contributed by atoms with Crippen molar-refractivity contribution in [3.63, 3.8) is 0 Å². The Hall–Kier alpha value is -1.76. The Morgan fingerprint density at radius 3 is 2.47 bits per heavy atom. The topological polar surface area (TPSA) is 162 Å². The summed E-state index contributed by atoms with van der Waals surface area (Å²) in [6.45, 7) is 2.21. The number of fused-ring (bicyclic) bond motifs is 2. The SMILES string of the molecule is CC[C@H]1C2C[C@H]3[C@@H]4N(C)c5ccc(Br)cc5C45C[C@@H](C2[C@H]5O)[N+]3(C)[C@@H]1O.O=C([O-])[C@H](O)[C@@H](O)C(=O)O. The van der Waals surface area contributed by atoms with Crippen LogP contribution in [0.5, 0.6) is 0 Å². The quantitative estimate of drug-likeness (QED) is 0.287. The third-order valence-corrected chi connectivity index (χ3v) is 10.7. The van der Waals surface area contributed by atoms with Crippen LogP contribution in [0.3, 0.4) is 0 Å². The van der Waals surface area contributed by atoms with Crippen LogP contribution in [0.2, 0.25) is 0 Å². The molecule has 36 heavy (non-hydrogen) atoms. The van der Waals surface area contributed by atoms with Crippen LogP contribution in [0.1, 0.15) is 31.7 Å². The molecule has 10 nitrogen and oxygen atoms in total. The number of carboxylic acids is 2. The molecule has 1 aromatic carbocycles. The van der Waals surface area contributed by atoms with Gasteiger partial charge in [-0.25, -0.2) is 4.79 Å². The number of halogens is 1. The number of carboxylic acid groups (broad SMARTS) is 2. The normalized spacial score (nSPS) is 44.4. The van der Waals surface area contributed by atoms with Crippen LogP contribution in [-0.2, 0) is 15.0 Å². The molecule has 5 aliphatic heterocycles. The minimum atomic E-state index is -2.38. The van der Waals surface area contributed by atoms with E-state index in [4.69, 9.17) is 15.3 Å². The minimum absolute atomic E-state index is 0.164. The maximum Gasteiger partial charge on any atom is 0.335 e. The number of aliphatic carboxylic acids is 2. The number of quaternary nitrogens is 1. The van der Waals surface area contributed by atoms with Crippen molar-refractivity contribution in [3.05, 3.63) is 28.2 Å². The first-order valence-corrected chi connectivity index (χ1v) is 13.2. The molecule has 7 rings (SSSR count). The molecule has 4 saturated heterocycles. The fraction of sp³-hybridized carbons (Fsp3) is 0.680. The van der Waals surface area contributed by atoms with Crippen LogP contribution in [0.25, 0.3) is 0 Å². The Morgan fingerprint density at radius 2 is 1.92 bits per heavy atom. The maximum absolute atomic E-state index is 11.8. The first-order chi connectivity index (χ1) is 16.8. The molecule has 12 atom stereocenters. The fourth-order valence-electron chi connectivity index (χ4n) is 8.86. The lowest BCUT2D eigenvalue weighted by molar-refractivity contribution is -1.02. The summed E-state index contributed by atoms with van der Waals surface area (Å²) in [5.74, 6) is -2.71. The molecule has 1 aromatic rings. The highest BCUT2D eigenvalue weighted by atomic mass is 79.9. The highest BCUT2D eigenvalue weighted by Gasteiger charge is 2.82. The molecule has 1 aliphatic carbocycles. The summed E-state index contributed by atoms with van der Waals surface area (Å²) in [5.41, 5.74) is 2.44. The van der Waals surface area contributed by atoms with Crippen LogP contribution in [0.15, 0.2) is 22.7 Å². The summed E-state index contributed by atoms with van der Waals surface area (Å²) in [5, 5.41) is 57.3. The lowest BCUT2D eigenvalue weighted by Gasteiger charge is -2.66. The van der Waals surface area contributed by atoms with Gasteiger partial charge in [0.2, 0.25) is 0 Å². The van der Waals surface area contributed by atoms with Gasteiger partial charge in [-0.15, -0.1) is 0 Å². The van der Waals surface area contributed by atoms with E-state index in [0.29, 0.717) is 29.8 Å². The third-order valence-electron chi connectivity index (χ3n) is 10.2. The zero-order valence-corrected chi connectivity index (χ0v) is 21.9. The number of benzene rings is 1. The molecule has 198 valence electrons. The highest BCUT2D eigenvalue weighted by molar-refractivity contribution is 9.10. The standard InChI is InChI=1S/C21H28BrN2O2.C4H6O6/c1-4-11-12-8-15-18-21(13-7-10(22)5-6-14(13)23(18)2)9-16(17(12)19(21)25)24(15,3)20(11)26;5-1(3(7)8)2(6)4(9)10/h5-7,11-12,15-20,25-26H,4,8-9H2,1-3H3;1-2,5-6H,(H,7,8)(H,9,10)/q+1;/p-1/t11-,12?,15-,16-,17?,18-,19+,20+,21?,24?;1-,2-/m01/s1. The van der Waals surface area contributed by atoms with E-state index in [-0.39, 0.29) is 23.8 Å². The van der Waals surface area contributed by atoms with Gasteiger partial charge < -0.3 is 40.3 Å². The van der Waals surface area contributed by atoms with E-state index in [1.807, 2.05) is 0 Å². The predicted octanol–water partition coefficient (Wildman–Crippen LogP) is -0.996. The van der Waals surface area contributed by atoms with Gasteiger partial charge in [0.15, 0.2) is 12.3 Å². The van der Waals surface area contributed by atoms with Crippen molar-refractivity contribution < 1.29 is 44.7 Å². The van der Waals surface area contributed by atoms with Crippen molar-refractivity contribution >= 4 is 33.6 Å². The van der Waals surface area contributed by atoms with Crippen LogP contribution in [-0.4, -0.2) is 98.7 Å². The summed E-state index contributed by atoms with van der Waals surface area (Å²) in [4.78, 5) is 21.8. The second kappa shape index (κ2) is 8.37. The first-order valence-electron chi connectivity index (χ1n) is 12.4. The smallest absolute Gasteiger partial charge is 0.335 e.